The van der Waals surface area contributed by atoms with Crippen molar-refractivity contribution in [1.82, 2.24) is 0 Å². The molecule has 2 rings (SSSR count). The Bertz CT molecular complexity index is 562. The molecule has 0 aliphatic heterocycles. The Morgan fingerprint density at radius 1 is 1.00 bits per heavy atom. The fraction of sp³-hybridized carbons (Fsp3) is 0.250. The molecule has 100 valence electrons. The van der Waals surface area contributed by atoms with Gasteiger partial charge in [0.1, 0.15) is 5.75 Å². The van der Waals surface area contributed by atoms with Crippen LogP contribution in [0.1, 0.15) is 16.7 Å². The highest BCUT2D eigenvalue weighted by molar-refractivity contribution is 5.76. The summed E-state index contributed by atoms with van der Waals surface area (Å²) in [5.74, 6) is 0.934. The quantitative estimate of drug-likeness (QED) is 0.817. The van der Waals surface area contributed by atoms with Gasteiger partial charge in [-0.2, -0.15) is 0 Å². The standard InChI is InChI=1S/C16H20N2O/c1-10-6-5-7-14(17)15(10)18-13-8-11(2)16(19-4)12(3)9-13/h5-9,18H,17H2,1-4H3. The monoisotopic (exact) mass is 256 g/mol. The molecule has 0 aliphatic carbocycles. The van der Waals surface area contributed by atoms with Crippen LogP contribution in [0.25, 0.3) is 0 Å². The van der Waals surface area contributed by atoms with Crippen LogP contribution in [0, 0.1) is 20.8 Å². The van der Waals surface area contributed by atoms with Crippen molar-refractivity contribution in [1.29, 1.82) is 0 Å². The van der Waals surface area contributed by atoms with E-state index in [1.165, 1.54) is 0 Å². The van der Waals surface area contributed by atoms with E-state index in [0.717, 1.165) is 39.5 Å². The summed E-state index contributed by atoms with van der Waals surface area (Å²) in [5, 5.41) is 3.39. The van der Waals surface area contributed by atoms with E-state index < -0.39 is 0 Å². The Morgan fingerprint density at radius 2 is 1.63 bits per heavy atom. The molecule has 0 aromatic heterocycles. The smallest absolute Gasteiger partial charge is 0.124 e. The Morgan fingerprint density at radius 3 is 2.16 bits per heavy atom. The molecule has 19 heavy (non-hydrogen) atoms. The van der Waals surface area contributed by atoms with Gasteiger partial charge in [-0.1, -0.05) is 12.1 Å². The number of methoxy groups -OCH3 is 1. The number of benzene rings is 2. The maximum Gasteiger partial charge on any atom is 0.124 e. The first-order valence-corrected chi connectivity index (χ1v) is 6.30. The topological polar surface area (TPSA) is 47.3 Å². The molecular formula is C16H20N2O. The lowest BCUT2D eigenvalue weighted by Gasteiger charge is -2.15. The highest BCUT2D eigenvalue weighted by Crippen LogP contribution is 2.31. The van der Waals surface area contributed by atoms with Gasteiger partial charge < -0.3 is 15.8 Å². The van der Waals surface area contributed by atoms with Gasteiger partial charge in [0.05, 0.1) is 18.5 Å². The molecule has 0 fully saturated rings. The Hall–Kier alpha value is -2.16. The number of para-hydroxylation sites is 1. The van der Waals surface area contributed by atoms with Gasteiger partial charge in [0.15, 0.2) is 0 Å². The minimum Gasteiger partial charge on any atom is -0.496 e. The summed E-state index contributed by atoms with van der Waals surface area (Å²) in [4.78, 5) is 0. The third kappa shape index (κ3) is 2.65. The minimum absolute atomic E-state index is 0.756. The lowest BCUT2D eigenvalue weighted by atomic mass is 10.1. The first kappa shape index (κ1) is 13.3. The molecule has 2 aromatic rings. The average Bonchev–Trinajstić information content (AvgIpc) is 2.34. The molecule has 0 heterocycles. The van der Waals surface area contributed by atoms with E-state index in [9.17, 15) is 0 Å². The molecule has 0 radical (unpaired) electrons. The summed E-state index contributed by atoms with van der Waals surface area (Å²) in [6.45, 7) is 6.12. The Labute approximate surface area is 114 Å². The fourth-order valence-corrected chi connectivity index (χ4v) is 2.35. The molecule has 0 saturated carbocycles. The van der Waals surface area contributed by atoms with Gasteiger partial charge in [-0.15, -0.1) is 0 Å². The number of nitrogens with one attached hydrogen (secondary N) is 1. The van der Waals surface area contributed by atoms with Crippen LogP contribution >= 0.6 is 0 Å². The van der Waals surface area contributed by atoms with Gasteiger partial charge in [-0.25, -0.2) is 0 Å². The molecule has 3 N–H and O–H groups in total. The molecule has 0 amide bonds. The molecule has 3 heteroatoms. The van der Waals surface area contributed by atoms with E-state index in [2.05, 4.69) is 17.4 Å². The van der Waals surface area contributed by atoms with Crippen molar-refractivity contribution in [3.05, 3.63) is 47.0 Å². The largest absolute Gasteiger partial charge is 0.496 e. The van der Waals surface area contributed by atoms with Gasteiger partial charge >= 0.3 is 0 Å². The van der Waals surface area contributed by atoms with E-state index in [-0.39, 0.29) is 0 Å². The van der Waals surface area contributed by atoms with Crippen LogP contribution in [0.2, 0.25) is 0 Å². The van der Waals surface area contributed by atoms with Crippen molar-refractivity contribution in [3.8, 4) is 5.75 Å². The number of hydrogen-bond donors (Lipinski definition) is 2. The number of aryl methyl sites for hydroxylation is 3. The van der Waals surface area contributed by atoms with Crippen LogP contribution < -0.4 is 15.8 Å². The Kier molecular flexibility index (Phi) is 3.65. The molecule has 3 nitrogen and oxygen atoms in total. The van der Waals surface area contributed by atoms with Crippen molar-refractivity contribution >= 4 is 17.1 Å². The minimum atomic E-state index is 0.756. The number of nitrogens with two attached hydrogens (primary N) is 1. The van der Waals surface area contributed by atoms with E-state index in [1.54, 1.807) is 7.11 Å². The Balaban J connectivity index is 2.39. The molecule has 0 bridgehead atoms. The van der Waals surface area contributed by atoms with E-state index in [0.29, 0.717) is 0 Å². The van der Waals surface area contributed by atoms with E-state index in [1.807, 2.05) is 39.0 Å². The number of nitrogen functional groups attached to an aromatic ring is 1. The molecule has 0 spiro atoms. The van der Waals surface area contributed by atoms with Gasteiger partial charge in [0.2, 0.25) is 0 Å². The van der Waals surface area contributed by atoms with Crippen molar-refractivity contribution in [2.75, 3.05) is 18.2 Å². The van der Waals surface area contributed by atoms with Crippen LogP contribution in [-0.2, 0) is 0 Å². The van der Waals surface area contributed by atoms with Gasteiger partial charge in [0.25, 0.3) is 0 Å². The van der Waals surface area contributed by atoms with Crippen molar-refractivity contribution in [3.63, 3.8) is 0 Å². The number of anilines is 3. The zero-order chi connectivity index (χ0) is 14.0. The molecule has 0 saturated heterocycles. The van der Waals surface area contributed by atoms with Crippen molar-refractivity contribution < 1.29 is 4.74 Å². The first-order valence-electron chi connectivity index (χ1n) is 6.30. The van der Waals surface area contributed by atoms with E-state index >= 15 is 0 Å². The maximum absolute atomic E-state index is 6.01. The predicted octanol–water partition coefficient (Wildman–Crippen LogP) is 3.95. The summed E-state index contributed by atoms with van der Waals surface area (Å²) in [6, 6.07) is 10.0. The van der Waals surface area contributed by atoms with Crippen LogP contribution in [0.15, 0.2) is 30.3 Å². The fourth-order valence-electron chi connectivity index (χ4n) is 2.35. The van der Waals surface area contributed by atoms with Gasteiger partial charge in [0, 0.05) is 5.69 Å². The van der Waals surface area contributed by atoms with Gasteiger partial charge in [-0.3, -0.25) is 0 Å². The summed E-state index contributed by atoms with van der Waals surface area (Å²) in [5.41, 5.74) is 12.1. The van der Waals surface area contributed by atoms with E-state index in [4.69, 9.17) is 10.5 Å². The van der Waals surface area contributed by atoms with Crippen LogP contribution in [0.4, 0.5) is 17.1 Å². The second-order valence-electron chi connectivity index (χ2n) is 4.81. The predicted molar refractivity (Wildman–Crippen MR) is 81.3 cm³/mol. The second-order valence-corrected chi connectivity index (χ2v) is 4.81. The average molecular weight is 256 g/mol. The molecule has 0 unspecified atom stereocenters. The van der Waals surface area contributed by atoms with Crippen LogP contribution in [0.5, 0.6) is 5.75 Å². The molecule has 0 atom stereocenters. The summed E-state index contributed by atoms with van der Waals surface area (Å²) in [7, 11) is 1.70. The third-order valence-corrected chi connectivity index (χ3v) is 3.24. The lowest BCUT2D eigenvalue weighted by molar-refractivity contribution is 0.408. The molecular weight excluding hydrogens is 236 g/mol. The van der Waals surface area contributed by atoms with Gasteiger partial charge in [-0.05, 0) is 55.7 Å². The molecule has 2 aromatic carbocycles. The normalized spacial score (nSPS) is 10.3. The number of hydrogen-bond acceptors (Lipinski definition) is 3. The summed E-state index contributed by atoms with van der Waals surface area (Å²) >= 11 is 0. The van der Waals surface area contributed by atoms with Crippen LogP contribution in [-0.4, -0.2) is 7.11 Å². The van der Waals surface area contributed by atoms with Crippen molar-refractivity contribution in [2.45, 2.75) is 20.8 Å². The SMILES string of the molecule is COc1c(C)cc(Nc2c(C)cccc2N)cc1C. The summed E-state index contributed by atoms with van der Waals surface area (Å²) < 4.78 is 5.38. The molecule has 0 aliphatic rings. The number of ether oxygens (including phenoxy) is 1. The number of rotatable bonds is 3. The first-order chi connectivity index (χ1) is 9.02. The highest BCUT2D eigenvalue weighted by Gasteiger charge is 2.07. The zero-order valence-electron chi connectivity index (χ0n) is 11.9. The van der Waals surface area contributed by atoms with Crippen molar-refractivity contribution in [2.24, 2.45) is 0 Å². The van der Waals surface area contributed by atoms with Crippen LogP contribution in [0.3, 0.4) is 0 Å². The summed E-state index contributed by atoms with van der Waals surface area (Å²) in [6.07, 6.45) is 0. The third-order valence-electron chi connectivity index (χ3n) is 3.24. The maximum atomic E-state index is 6.01. The highest BCUT2D eigenvalue weighted by atomic mass is 16.5. The second kappa shape index (κ2) is 5.22. The zero-order valence-corrected chi connectivity index (χ0v) is 11.9. The lowest BCUT2D eigenvalue weighted by Crippen LogP contribution is -2.00.